The van der Waals surface area contributed by atoms with E-state index in [0.29, 0.717) is 16.3 Å². The number of nitrogens with one attached hydrogen (secondary N) is 1. The molecule has 1 aromatic carbocycles. The maximum atomic E-state index is 11.7. The summed E-state index contributed by atoms with van der Waals surface area (Å²) in [5.41, 5.74) is 0.572. The lowest BCUT2D eigenvalue weighted by Crippen LogP contribution is -2.37. The molecule has 19 heavy (non-hydrogen) atoms. The molecule has 0 aliphatic carbocycles. The molecule has 0 radical (unpaired) electrons. The summed E-state index contributed by atoms with van der Waals surface area (Å²) in [4.78, 5) is 11.7. The van der Waals surface area contributed by atoms with Crippen molar-refractivity contribution in [2.75, 3.05) is 6.61 Å². The fourth-order valence-corrected chi connectivity index (χ4v) is 1.99. The first-order chi connectivity index (χ1) is 9.12. The number of carbonyl (C=O) groups excluding carboxylic acids is 1. The zero-order valence-electron chi connectivity index (χ0n) is 11.3. The monoisotopic (exact) mass is 285 g/mol. The summed E-state index contributed by atoms with van der Waals surface area (Å²) in [5.74, 6) is 0.184. The summed E-state index contributed by atoms with van der Waals surface area (Å²) in [7, 11) is 0. The van der Waals surface area contributed by atoms with Crippen LogP contribution >= 0.6 is 11.6 Å². The van der Waals surface area contributed by atoms with Crippen molar-refractivity contribution in [1.29, 1.82) is 0 Å². The smallest absolute Gasteiger partial charge is 0.258 e. The second-order valence-corrected chi connectivity index (χ2v) is 4.66. The Kier molecular flexibility index (Phi) is 6.67. The van der Waals surface area contributed by atoms with E-state index in [2.05, 4.69) is 5.32 Å². The summed E-state index contributed by atoms with van der Waals surface area (Å²) in [6.07, 6.45) is 1.77. The van der Waals surface area contributed by atoms with Crippen LogP contribution in [0.1, 0.15) is 32.3 Å². The fourth-order valence-electron chi connectivity index (χ4n) is 1.74. The highest BCUT2D eigenvalue weighted by Gasteiger charge is 2.12. The lowest BCUT2D eigenvalue weighted by atomic mass is 10.2. The van der Waals surface area contributed by atoms with Crippen LogP contribution in [0.2, 0.25) is 5.02 Å². The average Bonchev–Trinajstić information content (AvgIpc) is 2.43. The van der Waals surface area contributed by atoms with Gasteiger partial charge in [-0.1, -0.05) is 37.6 Å². The van der Waals surface area contributed by atoms with Gasteiger partial charge in [0.15, 0.2) is 6.61 Å². The van der Waals surface area contributed by atoms with Gasteiger partial charge in [-0.3, -0.25) is 4.79 Å². The lowest BCUT2D eigenvalue weighted by Gasteiger charge is -2.16. The topological polar surface area (TPSA) is 58.6 Å². The molecule has 5 heteroatoms. The van der Waals surface area contributed by atoms with E-state index in [0.717, 1.165) is 12.8 Å². The molecule has 0 aromatic heterocycles. The Balaban J connectivity index is 2.59. The Hall–Kier alpha value is -1.26. The molecule has 0 heterocycles. The predicted octanol–water partition coefficient (Wildman–Crippen LogP) is 2.52. The largest absolute Gasteiger partial charge is 0.482 e. The number of aliphatic hydroxyl groups is 1. The predicted molar refractivity (Wildman–Crippen MR) is 75.4 cm³/mol. The van der Waals surface area contributed by atoms with Gasteiger partial charge in [0.05, 0.1) is 11.6 Å². The van der Waals surface area contributed by atoms with Crippen molar-refractivity contribution < 1.29 is 14.6 Å². The molecule has 106 valence electrons. The zero-order chi connectivity index (χ0) is 14.3. The number of benzene rings is 1. The van der Waals surface area contributed by atoms with Crippen molar-refractivity contribution in [2.45, 2.75) is 39.3 Å². The molecule has 0 unspecified atom stereocenters. The number of carbonyl (C=O) groups is 1. The summed E-state index contributed by atoms with van der Waals surface area (Å²) in [5, 5.41) is 12.5. The van der Waals surface area contributed by atoms with Gasteiger partial charge >= 0.3 is 0 Å². The fraction of sp³-hybridized carbons (Fsp3) is 0.500. The van der Waals surface area contributed by atoms with Gasteiger partial charge in [0.2, 0.25) is 0 Å². The average molecular weight is 286 g/mol. The van der Waals surface area contributed by atoms with Crippen molar-refractivity contribution in [2.24, 2.45) is 0 Å². The van der Waals surface area contributed by atoms with Gasteiger partial charge in [-0.05, 0) is 18.9 Å². The van der Waals surface area contributed by atoms with E-state index in [1.807, 2.05) is 13.8 Å². The number of hydrogen-bond acceptors (Lipinski definition) is 3. The van der Waals surface area contributed by atoms with E-state index in [1.54, 1.807) is 18.2 Å². The van der Waals surface area contributed by atoms with E-state index in [1.165, 1.54) is 0 Å². The minimum atomic E-state index is -0.183. The van der Waals surface area contributed by atoms with Crippen LogP contribution in [-0.4, -0.2) is 23.7 Å². The summed E-state index contributed by atoms with van der Waals surface area (Å²) in [6, 6.07) is 5.26. The quantitative estimate of drug-likeness (QED) is 0.809. The van der Waals surface area contributed by atoms with E-state index in [9.17, 15) is 9.90 Å². The van der Waals surface area contributed by atoms with Crippen LogP contribution < -0.4 is 10.1 Å². The maximum absolute atomic E-state index is 11.7. The standard InChI is InChI=1S/C14H20ClNO3/c1-3-11(4-2)16-13(18)9-19-14-10(8-17)6-5-7-12(14)15/h5-7,11,17H,3-4,8-9H2,1-2H3,(H,16,18). The highest BCUT2D eigenvalue weighted by atomic mass is 35.5. The molecular weight excluding hydrogens is 266 g/mol. The molecule has 0 bridgehead atoms. The van der Waals surface area contributed by atoms with Crippen molar-refractivity contribution in [1.82, 2.24) is 5.32 Å². The van der Waals surface area contributed by atoms with Gasteiger partial charge in [0, 0.05) is 11.6 Å². The molecule has 1 aromatic rings. The number of halogens is 1. The summed E-state index contributed by atoms with van der Waals surface area (Å²) < 4.78 is 5.41. The second-order valence-electron chi connectivity index (χ2n) is 4.26. The molecule has 0 atom stereocenters. The van der Waals surface area contributed by atoms with Crippen LogP contribution in [0.25, 0.3) is 0 Å². The Morgan fingerprint density at radius 2 is 2.11 bits per heavy atom. The first-order valence-electron chi connectivity index (χ1n) is 6.42. The number of aliphatic hydroxyl groups excluding tert-OH is 1. The van der Waals surface area contributed by atoms with Crippen molar-refractivity contribution in [3.05, 3.63) is 28.8 Å². The molecule has 0 aliphatic rings. The second kappa shape index (κ2) is 8.02. The Labute approximate surface area is 118 Å². The normalized spacial score (nSPS) is 10.6. The van der Waals surface area contributed by atoms with E-state index >= 15 is 0 Å². The van der Waals surface area contributed by atoms with Gasteiger partial charge < -0.3 is 15.2 Å². The highest BCUT2D eigenvalue weighted by molar-refractivity contribution is 6.32. The molecule has 0 spiro atoms. The van der Waals surface area contributed by atoms with Crippen LogP contribution in [0.4, 0.5) is 0 Å². The van der Waals surface area contributed by atoms with Crippen LogP contribution in [0, 0.1) is 0 Å². The van der Waals surface area contributed by atoms with Crippen LogP contribution in [0.5, 0.6) is 5.75 Å². The first-order valence-corrected chi connectivity index (χ1v) is 6.80. The van der Waals surface area contributed by atoms with Crippen molar-refractivity contribution >= 4 is 17.5 Å². The third kappa shape index (κ3) is 4.73. The molecule has 4 nitrogen and oxygen atoms in total. The minimum absolute atomic E-state index is 0.104. The highest BCUT2D eigenvalue weighted by Crippen LogP contribution is 2.28. The van der Waals surface area contributed by atoms with E-state index in [4.69, 9.17) is 16.3 Å². The maximum Gasteiger partial charge on any atom is 0.258 e. The van der Waals surface area contributed by atoms with E-state index < -0.39 is 0 Å². The Bertz CT molecular complexity index is 419. The number of amides is 1. The third-order valence-corrected chi connectivity index (χ3v) is 3.21. The molecule has 1 amide bonds. The Morgan fingerprint density at radius 1 is 1.42 bits per heavy atom. The molecule has 0 fully saturated rings. The van der Waals surface area contributed by atoms with Gasteiger partial charge in [0.1, 0.15) is 5.75 Å². The summed E-state index contributed by atoms with van der Waals surface area (Å²) in [6.45, 7) is 3.76. The molecule has 0 aliphatic heterocycles. The van der Waals surface area contributed by atoms with Crippen molar-refractivity contribution in [3.63, 3.8) is 0 Å². The van der Waals surface area contributed by atoms with Crippen LogP contribution in [-0.2, 0) is 11.4 Å². The number of ether oxygens (including phenoxy) is 1. The summed E-state index contributed by atoms with van der Waals surface area (Å²) >= 11 is 5.98. The number of rotatable bonds is 7. The van der Waals surface area contributed by atoms with Crippen molar-refractivity contribution in [3.8, 4) is 5.75 Å². The molecular formula is C14H20ClNO3. The van der Waals surface area contributed by atoms with Crippen LogP contribution in [0.15, 0.2) is 18.2 Å². The van der Waals surface area contributed by atoms with Gasteiger partial charge in [-0.15, -0.1) is 0 Å². The Morgan fingerprint density at radius 3 is 2.68 bits per heavy atom. The minimum Gasteiger partial charge on any atom is -0.482 e. The first kappa shape index (κ1) is 15.8. The van der Waals surface area contributed by atoms with Gasteiger partial charge in [0.25, 0.3) is 5.91 Å². The molecule has 2 N–H and O–H groups in total. The lowest BCUT2D eigenvalue weighted by molar-refractivity contribution is -0.123. The third-order valence-electron chi connectivity index (χ3n) is 2.92. The molecule has 0 saturated carbocycles. The molecule has 1 rings (SSSR count). The SMILES string of the molecule is CCC(CC)NC(=O)COc1c(Cl)cccc1CO. The molecule has 0 saturated heterocycles. The van der Waals surface area contributed by atoms with Gasteiger partial charge in [-0.2, -0.15) is 0 Å². The number of hydrogen-bond donors (Lipinski definition) is 2. The van der Waals surface area contributed by atoms with Gasteiger partial charge in [-0.25, -0.2) is 0 Å². The number of para-hydroxylation sites is 1. The van der Waals surface area contributed by atoms with Crippen LogP contribution in [0.3, 0.4) is 0 Å². The zero-order valence-corrected chi connectivity index (χ0v) is 12.0. The van der Waals surface area contributed by atoms with E-state index in [-0.39, 0.29) is 25.2 Å².